The highest BCUT2D eigenvalue weighted by molar-refractivity contribution is 5.77. The maximum Gasteiger partial charge on any atom is 0.431 e. The maximum atomic E-state index is 11.5. The van der Waals surface area contributed by atoms with Crippen molar-refractivity contribution in [1.82, 2.24) is 9.96 Å². The fourth-order valence-corrected chi connectivity index (χ4v) is 1.27. The number of amides is 2. The van der Waals surface area contributed by atoms with Crippen molar-refractivity contribution < 1.29 is 24.6 Å². The van der Waals surface area contributed by atoms with Crippen molar-refractivity contribution >= 4 is 12.0 Å². The van der Waals surface area contributed by atoms with Gasteiger partial charge >= 0.3 is 6.09 Å². The van der Waals surface area contributed by atoms with Crippen molar-refractivity contribution in [2.75, 3.05) is 32.8 Å². The Morgan fingerprint density at radius 1 is 1.33 bits per heavy atom. The number of hydrogen-bond acceptors (Lipinski definition) is 4. The second kappa shape index (κ2) is 5.52. The van der Waals surface area contributed by atoms with Crippen molar-refractivity contribution in [3.05, 3.63) is 0 Å². The Balaban J connectivity index is 2.25. The molecule has 1 heterocycles. The van der Waals surface area contributed by atoms with Gasteiger partial charge in [0.1, 0.15) is 0 Å². The Morgan fingerprint density at radius 2 is 1.93 bits per heavy atom. The molecule has 0 unspecified atom stereocenters. The van der Waals surface area contributed by atoms with Gasteiger partial charge in [-0.2, -0.15) is 5.06 Å². The maximum absolute atomic E-state index is 11.5. The summed E-state index contributed by atoms with van der Waals surface area (Å²) < 4.78 is 5.07. The molecular formula is C8H14N2O5. The molecule has 0 spiro atoms. The molecule has 7 nitrogen and oxygen atoms in total. The smallest absolute Gasteiger partial charge is 0.431 e. The number of morpholine rings is 1. The number of hydroxylamine groups is 2. The van der Waals surface area contributed by atoms with Gasteiger partial charge in [0.2, 0.25) is 5.91 Å². The van der Waals surface area contributed by atoms with Crippen molar-refractivity contribution in [3.8, 4) is 0 Å². The number of nitrogens with zero attached hydrogens (tertiary/aromatic N) is 2. The fourth-order valence-electron chi connectivity index (χ4n) is 1.27. The minimum absolute atomic E-state index is 0.0111. The van der Waals surface area contributed by atoms with Gasteiger partial charge in [-0.3, -0.25) is 10.0 Å². The number of hydrogen-bond donors (Lipinski definition) is 2. The molecule has 0 atom stereocenters. The molecule has 1 aliphatic rings. The van der Waals surface area contributed by atoms with Gasteiger partial charge in [0.05, 0.1) is 19.8 Å². The normalized spacial score (nSPS) is 16.2. The number of ether oxygens (including phenoxy) is 1. The zero-order chi connectivity index (χ0) is 11.3. The van der Waals surface area contributed by atoms with Gasteiger partial charge in [-0.1, -0.05) is 0 Å². The molecule has 0 bridgehead atoms. The van der Waals surface area contributed by atoms with Crippen molar-refractivity contribution in [2.45, 2.75) is 6.42 Å². The Labute approximate surface area is 86.8 Å². The van der Waals surface area contributed by atoms with Crippen LogP contribution in [0.4, 0.5) is 4.79 Å². The van der Waals surface area contributed by atoms with Crippen molar-refractivity contribution in [1.29, 1.82) is 0 Å². The molecule has 1 aliphatic heterocycles. The lowest BCUT2D eigenvalue weighted by atomic mass is 10.3. The molecule has 0 aromatic heterocycles. The van der Waals surface area contributed by atoms with Crippen molar-refractivity contribution in [3.63, 3.8) is 0 Å². The molecule has 0 aliphatic carbocycles. The van der Waals surface area contributed by atoms with Crippen LogP contribution in [0.1, 0.15) is 6.42 Å². The fraction of sp³-hybridized carbons (Fsp3) is 0.750. The molecule has 0 radical (unpaired) electrons. The number of carbonyl (C=O) groups excluding carboxylic acids is 1. The molecule has 1 fully saturated rings. The molecule has 0 aromatic carbocycles. The molecule has 1 saturated heterocycles. The highest BCUT2D eigenvalue weighted by atomic mass is 16.6. The molecular weight excluding hydrogens is 204 g/mol. The van der Waals surface area contributed by atoms with E-state index in [1.54, 1.807) is 4.90 Å². The van der Waals surface area contributed by atoms with E-state index in [1.807, 2.05) is 0 Å². The van der Waals surface area contributed by atoms with Gasteiger partial charge in [-0.25, -0.2) is 4.79 Å². The van der Waals surface area contributed by atoms with Crippen LogP contribution in [-0.2, 0) is 9.53 Å². The highest BCUT2D eigenvalue weighted by Crippen LogP contribution is 2.00. The molecule has 15 heavy (non-hydrogen) atoms. The zero-order valence-corrected chi connectivity index (χ0v) is 8.26. The first-order valence-corrected chi connectivity index (χ1v) is 4.66. The first-order chi connectivity index (χ1) is 7.11. The van der Waals surface area contributed by atoms with E-state index in [4.69, 9.17) is 15.1 Å². The van der Waals surface area contributed by atoms with Crippen LogP contribution in [-0.4, -0.2) is 65.1 Å². The topological polar surface area (TPSA) is 90.3 Å². The summed E-state index contributed by atoms with van der Waals surface area (Å²) in [4.78, 5) is 23.3. The SMILES string of the molecule is O=C(O)N(O)CCC(=O)N1CCOCC1. The van der Waals surface area contributed by atoms with Gasteiger partial charge in [0, 0.05) is 19.5 Å². The van der Waals surface area contributed by atoms with Crippen LogP contribution in [0, 0.1) is 0 Å². The second-order valence-corrected chi connectivity index (χ2v) is 3.15. The largest absolute Gasteiger partial charge is 0.463 e. The summed E-state index contributed by atoms with van der Waals surface area (Å²) in [5.74, 6) is -0.168. The van der Waals surface area contributed by atoms with E-state index in [0.29, 0.717) is 26.3 Å². The molecule has 7 heteroatoms. The summed E-state index contributed by atoms with van der Waals surface area (Å²) >= 11 is 0. The van der Waals surface area contributed by atoms with Gasteiger partial charge in [-0.15, -0.1) is 0 Å². The van der Waals surface area contributed by atoms with E-state index >= 15 is 0 Å². The average molecular weight is 218 g/mol. The van der Waals surface area contributed by atoms with Crippen molar-refractivity contribution in [2.24, 2.45) is 0 Å². The Hall–Kier alpha value is -1.34. The molecule has 2 amide bonds. The third-order valence-electron chi connectivity index (χ3n) is 2.12. The third kappa shape index (κ3) is 3.72. The lowest BCUT2D eigenvalue weighted by Gasteiger charge is -2.27. The molecule has 1 rings (SSSR count). The molecule has 2 N–H and O–H groups in total. The Morgan fingerprint density at radius 3 is 2.47 bits per heavy atom. The van der Waals surface area contributed by atoms with Crippen LogP contribution in [0.5, 0.6) is 0 Å². The van der Waals surface area contributed by atoms with Crippen LogP contribution in [0.15, 0.2) is 0 Å². The Kier molecular flexibility index (Phi) is 4.32. The van der Waals surface area contributed by atoms with Gasteiger partial charge in [0.15, 0.2) is 0 Å². The van der Waals surface area contributed by atoms with Gasteiger partial charge in [0.25, 0.3) is 0 Å². The lowest BCUT2D eigenvalue weighted by molar-refractivity contribution is -0.137. The minimum Gasteiger partial charge on any atom is -0.463 e. The predicted molar refractivity (Wildman–Crippen MR) is 48.5 cm³/mol. The van der Waals surface area contributed by atoms with E-state index in [-0.39, 0.29) is 23.9 Å². The number of carbonyl (C=O) groups is 2. The first-order valence-electron chi connectivity index (χ1n) is 4.66. The number of carboxylic acid groups (broad SMARTS) is 1. The van der Waals surface area contributed by atoms with Gasteiger partial charge in [-0.05, 0) is 0 Å². The first kappa shape index (κ1) is 11.7. The summed E-state index contributed by atoms with van der Waals surface area (Å²) in [6, 6.07) is 0. The molecule has 0 aromatic rings. The molecule has 86 valence electrons. The number of rotatable bonds is 3. The standard InChI is InChI=1S/C8H14N2O5/c11-7(1-2-10(14)8(12)13)9-3-5-15-6-4-9/h14H,1-6H2,(H,12,13). The van der Waals surface area contributed by atoms with E-state index in [0.717, 1.165) is 0 Å². The van der Waals surface area contributed by atoms with E-state index in [9.17, 15) is 9.59 Å². The van der Waals surface area contributed by atoms with Gasteiger partial charge < -0.3 is 14.7 Å². The lowest BCUT2D eigenvalue weighted by Crippen LogP contribution is -2.42. The average Bonchev–Trinajstić information content (AvgIpc) is 2.26. The summed E-state index contributed by atoms with van der Waals surface area (Å²) in [5.41, 5.74) is 0. The quantitative estimate of drug-likeness (QED) is 0.497. The highest BCUT2D eigenvalue weighted by Gasteiger charge is 2.18. The predicted octanol–water partition coefficient (Wildman–Crippen LogP) is -0.395. The van der Waals surface area contributed by atoms with E-state index < -0.39 is 6.09 Å². The third-order valence-corrected chi connectivity index (χ3v) is 2.12. The summed E-state index contributed by atoms with van der Waals surface area (Å²) in [5, 5.41) is 17.3. The Bertz CT molecular complexity index is 239. The van der Waals surface area contributed by atoms with E-state index in [2.05, 4.69) is 0 Å². The monoisotopic (exact) mass is 218 g/mol. The summed E-state index contributed by atoms with van der Waals surface area (Å²) in [7, 11) is 0. The minimum atomic E-state index is -1.45. The van der Waals surface area contributed by atoms with E-state index in [1.165, 1.54) is 0 Å². The van der Waals surface area contributed by atoms with Crippen LogP contribution < -0.4 is 0 Å². The van der Waals surface area contributed by atoms with Crippen LogP contribution in [0.2, 0.25) is 0 Å². The van der Waals surface area contributed by atoms with Crippen LogP contribution in [0.25, 0.3) is 0 Å². The van der Waals surface area contributed by atoms with Crippen LogP contribution in [0.3, 0.4) is 0 Å². The second-order valence-electron chi connectivity index (χ2n) is 3.15. The zero-order valence-electron chi connectivity index (χ0n) is 8.26. The summed E-state index contributed by atoms with van der Waals surface area (Å²) in [6.07, 6.45) is -1.47. The summed E-state index contributed by atoms with van der Waals surface area (Å²) in [6.45, 7) is 1.86. The van der Waals surface area contributed by atoms with Crippen LogP contribution >= 0.6 is 0 Å². The molecule has 0 saturated carbocycles.